The summed E-state index contributed by atoms with van der Waals surface area (Å²) in [5.74, 6) is 2.12. The van der Waals surface area contributed by atoms with Crippen LogP contribution in [0.3, 0.4) is 0 Å². The molecule has 0 N–H and O–H groups in total. The molecule has 5 aromatic carbocycles. The van der Waals surface area contributed by atoms with Gasteiger partial charge in [-0.25, -0.2) is 15.0 Å². The molecule has 0 bridgehead atoms. The molecule has 3 aromatic heterocycles. The van der Waals surface area contributed by atoms with E-state index in [4.69, 9.17) is 15.0 Å². The highest BCUT2D eigenvalue weighted by Gasteiger charge is 2.19. The average molecular weight is 597 g/mol. The Morgan fingerprint density at radius 3 is 1.93 bits per heavy atom. The molecule has 1 aliphatic carbocycles. The molecule has 9 rings (SSSR count). The normalized spacial score (nSPS) is 13.8. The van der Waals surface area contributed by atoms with Gasteiger partial charge in [0.2, 0.25) is 0 Å². The third kappa shape index (κ3) is 4.47. The minimum Gasteiger partial charge on any atom is -0.310 e. The van der Waals surface area contributed by atoms with Gasteiger partial charge in [0.1, 0.15) is 0 Å². The van der Waals surface area contributed by atoms with Gasteiger partial charge in [-0.05, 0) is 55.2 Å². The SMILES string of the molecule is C1=C(c2nc(-c3ccccc3)nc(-c3ccccc3)n2)CCCC=C1n1c2ccccc2c2cc3sc4ccccc4c3cc21. The van der Waals surface area contributed by atoms with Crippen LogP contribution >= 0.6 is 11.3 Å². The fourth-order valence-corrected chi connectivity index (χ4v) is 7.73. The number of allylic oxidation sites excluding steroid dienone is 4. The summed E-state index contributed by atoms with van der Waals surface area (Å²) >= 11 is 1.87. The Bertz CT molecular complexity index is 2390. The fourth-order valence-electron chi connectivity index (χ4n) is 6.60. The Morgan fingerprint density at radius 1 is 0.533 bits per heavy atom. The molecule has 214 valence electrons. The van der Waals surface area contributed by atoms with Crippen LogP contribution in [-0.4, -0.2) is 19.5 Å². The largest absolute Gasteiger partial charge is 0.310 e. The second kappa shape index (κ2) is 10.7. The molecule has 5 heteroatoms. The number of aromatic nitrogens is 4. The predicted molar refractivity (Wildman–Crippen MR) is 189 cm³/mol. The van der Waals surface area contributed by atoms with Crippen LogP contribution in [-0.2, 0) is 0 Å². The Labute approximate surface area is 264 Å². The molecule has 0 amide bonds. The van der Waals surface area contributed by atoms with E-state index >= 15 is 0 Å². The van der Waals surface area contributed by atoms with E-state index in [0.29, 0.717) is 11.6 Å². The monoisotopic (exact) mass is 596 g/mol. The third-order valence-electron chi connectivity index (χ3n) is 8.74. The van der Waals surface area contributed by atoms with Crippen LogP contribution in [0.4, 0.5) is 0 Å². The number of rotatable bonds is 4. The van der Waals surface area contributed by atoms with Gasteiger partial charge in [0.25, 0.3) is 0 Å². The molecule has 0 unspecified atom stereocenters. The van der Waals surface area contributed by atoms with Crippen molar-refractivity contribution < 1.29 is 0 Å². The molecule has 4 nitrogen and oxygen atoms in total. The molecule has 0 atom stereocenters. The third-order valence-corrected chi connectivity index (χ3v) is 9.88. The van der Waals surface area contributed by atoms with Crippen LogP contribution in [0.2, 0.25) is 0 Å². The van der Waals surface area contributed by atoms with Crippen molar-refractivity contribution in [1.82, 2.24) is 19.5 Å². The first-order chi connectivity index (χ1) is 22.3. The maximum Gasteiger partial charge on any atom is 0.164 e. The van der Waals surface area contributed by atoms with Crippen LogP contribution in [0.5, 0.6) is 0 Å². The predicted octanol–water partition coefficient (Wildman–Crippen LogP) is 10.8. The molecule has 0 aliphatic heterocycles. The van der Waals surface area contributed by atoms with Gasteiger partial charge in [0.15, 0.2) is 17.5 Å². The van der Waals surface area contributed by atoms with E-state index in [2.05, 4.69) is 102 Å². The second-order valence-corrected chi connectivity index (χ2v) is 12.6. The van der Waals surface area contributed by atoms with Gasteiger partial charge >= 0.3 is 0 Å². The van der Waals surface area contributed by atoms with E-state index < -0.39 is 0 Å². The molecule has 1 aliphatic rings. The Balaban J connectivity index is 1.26. The number of benzene rings is 5. The van der Waals surface area contributed by atoms with Gasteiger partial charge in [-0.1, -0.05) is 103 Å². The highest BCUT2D eigenvalue weighted by atomic mass is 32.1. The quantitative estimate of drug-likeness (QED) is 0.203. The summed E-state index contributed by atoms with van der Waals surface area (Å²) in [7, 11) is 0. The van der Waals surface area contributed by atoms with Gasteiger partial charge in [-0.2, -0.15) is 0 Å². The standard InChI is InChI=1S/C40H28N4S/c1-3-13-26(14-4-1)38-41-39(27-15-5-2-6-16-27)43-40(42-38)28-17-7-8-18-29(23-28)44-34-21-11-9-19-30(34)32-25-37-33(24-35(32)44)31-20-10-12-22-36(31)45-37/h1-6,9-16,18-25H,7-8,17H2. The van der Waals surface area contributed by atoms with Crippen molar-refractivity contribution >= 4 is 64.6 Å². The summed E-state index contributed by atoms with van der Waals surface area (Å²) in [5.41, 5.74) is 6.69. The van der Waals surface area contributed by atoms with E-state index in [-0.39, 0.29) is 0 Å². The topological polar surface area (TPSA) is 43.6 Å². The van der Waals surface area contributed by atoms with Crippen LogP contribution in [0.1, 0.15) is 25.1 Å². The van der Waals surface area contributed by atoms with Crippen molar-refractivity contribution in [1.29, 1.82) is 0 Å². The first-order valence-corrected chi connectivity index (χ1v) is 16.2. The van der Waals surface area contributed by atoms with Gasteiger partial charge in [-0.15, -0.1) is 11.3 Å². The van der Waals surface area contributed by atoms with E-state index in [0.717, 1.165) is 47.5 Å². The highest BCUT2D eigenvalue weighted by molar-refractivity contribution is 7.25. The van der Waals surface area contributed by atoms with Crippen LogP contribution < -0.4 is 0 Å². The molecule has 3 heterocycles. The van der Waals surface area contributed by atoms with Crippen LogP contribution in [0.25, 0.3) is 76.0 Å². The number of thiophene rings is 1. The summed E-state index contributed by atoms with van der Waals surface area (Å²) in [6.45, 7) is 0. The molecule has 0 saturated carbocycles. The second-order valence-electron chi connectivity index (χ2n) is 11.5. The summed E-state index contributed by atoms with van der Waals surface area (Å²) in [5, 5.41) is 5.17. The fraction of sp³-hybridized carbons (Fsp3) is 0.0750. The smallest absolute Gasteiger partial charge is 0.164 e. The number of nitrogens with zero attached hydrogens (tertiary/aromatic N) is 4. The summed E-state index contributed by atoms with van der Waals surface area (Å²) < 4.78 is 5.09. The zero-order chi connectivity index (χ0) is 29.7. The zero-order valence-electron chi connectivity index (χ0n) is 24.5. The molecular weight excluding hydrogens is 569 g/mol. The van der Waals surface area contributed by atoms with Crippen molar-refractivity contribution in [3.63, 3.8) is 0 Å². The average Bonchev–Trinajstić information content (AvgIpc) is 3.51. The molecule has 0 spiro atoms. The minimum absolute atomic E-state index is 0.693. The maximum atomic E-state index is 5.08. The van der Waals surface area contributed by atoms with Gasteiger partial charge in [0, 0.05) is 47.8 Å². The van der Waals surface area contributed by atoms with Gasteiger partial charge < -0.3 is 4.57 Å². The lowest BCUT2D eigenvalue weighted by Gasteiger charge is -2.12. The van der Waals surface area contributed by atoms with E-state index in [1.807, 2.05) is 47.7 Å². The number of fused-ring (bicyclic) bond motifs is 6. The summed E-state index contributed by atoms with van der Waals surface area (Å²) in [4.78, 5) is 15.1. The van der Waals surface area contributed by atoms with Gasteiger partial charge in [-0.3, -0.25) is 0 Å². The van der Waals surface area contributed by atoms with Crippen molar-refractivity contribution in [2.45, 2.75) is 19.3 Å². The Kier molecular flexibility index (Phi) is 6.17. The first kappa shape index (κ1) is 26.1. The maximum absolute atomic E-state index is 5.08. The number of hydrogen-bond acceptors (Lipinski definition) is 4. The van der Waals surface area contributed by atoms with Gasteiger partial charge in [0.05, 0.1) is 11.0 Å². The lowest BCUT2D eigenvalue weighted by atomic mass is 10.1. The van der Waals surface area contributed by atoms with E-state index in [9.17, 15) is 0 Å². The van der Waals surface area contributed by atoms with E-state index in [1.54, 1.807) is 0 Å². The van der Waals surface area contributed by atoms with Crippen molar-refractivity contribution in [3.8, 4) is 22.8 Å². The molecule has 0 fully saturated rings. The van der Waals surface area contributed by atoms with Crippen molar-refractivity contribution in [3.05, 3.63) is 139 Å². The lowest BCUT2D eigenvalue weighted by molar-refractivity contribution is 0.873. The molecule has 0 radical (unpaired) electrons. The van der Waals surface area contributed by atoms with Crippen molar-refractivity contribution in [2.24, 2.45) is 0 Å². The lowest BCUT2D eigenvalue weighted by Crippen LogP contribution is -2.03. The van der Waals surface area contributed by atoms with E-state index in [1.165, 1.54) is 42.0 Å². The molecule has 45 heavy (non-hydrogen) atoms. The number of hydrogen-bond donors (Lipinski definition) is 0. The Morgan fingerprint density at radius 2 is 1.18 bits per heavy atom. The molecular formula is C40H28N4S. The summed E-state index contributed by atoms with van der Waals surface area (Å²) in [6.07, 6.45) is 7.59. The molecule has 0 saturated heterocycles. The summed E-state index contributed by atoms with van der Waals surface area (Å²) in [6, 6.07) is 42.7. The van der Waals surface area contributed by atoms with Crippen LogP contribution in [0, 0.1) is 0 Å². The Hall–Kier alpha value is -5.39. The first-order valence-electron chi connectivity index (χ1n) is 15.4. The minimum atomic E-state index is 0.693. The zero-order valence-corrected chi connectivity index (χ0v) is 25.3. The highest BCUT2D eigenvalue weighted by Crippen LogP contribution is 2.41. The number of para-hydroxylation sites is 1. The van der Waals surface area contributed by atoms with Crippen molar-refractivity contribution in [2.75, 3.05) is 0 Å². The van der Waals surface area contributed by atoms with Crippen LogP contribution in [0.15, 0.2) is 133 Å². The molecule has 8 aromatic rings.